The van der Waals surface area contributed by atoms with Gasteiger partial charge in [-0.2, -0.15) is 13.2 Å². The molecule has 1 N–H and O–H groups in total. The van der Waals surface area contributed by atoms with Crippen LogP contribution >= 0.6 is 0 Å². The van der Waals surface area contributed by atoms with Crippen molar-refractivity contribution in [3.05, 3.63) is 70.1 Å². The summed E-state index contributed by atoms with van der Waals surface area (Å²) in [7, 11) is 0. The molecule has 2 rings (SSSR count). The minimum Gasteiger partial charge on any atom is -0.350 e. The Morgan fingerprint density at radius 1 is 1.17 bits per heavy atom. The zero-order chi connectivity index (χ0) is 17.7. The number of amides is 1. The largest absolute Gasteiger partial charge is 0.416 e. The normalized spacial score (nSPS) is 12.7. The summed E-state index contributed by atoms with van der Waals surface area (Å²) in [6.07, 6.45) is -2.68. The number of carbonyl (C=O) groups excluding carboxylic acids is 1. The number of hydrogen-bond donors (Lipinski definition) is 1. The lowest BCUT2D eigenvalue weighted by molar-refractivity contribution is -0.137. The van der Waals surface area contributed by atoms with Crippen LogP contribution in [-0.4, -0.2) is 10.5 Å². The lowest BCUT2D eigenvalue weighted by Gasteiger charge is -2.15. The Morgan fingerprint density at radius 2 is 1.83 bits per heavy atom. The molecular formula is C17H17F3N2O2. The predicted octanol–water partition coefficient (Wildman–Crippen LogP) is 3.13. The zero-order valence-corrected chi connectivity index (χ0v) is 13.0. The van der Waals surface area contributed by atoms with E-state index in [9.17, 15) is 22.8 Å². The van der Waals surface area contributed by atoms with Gasteiger partial charge >= 0.3 is 6.18 Å². The smallest absolute Gasteiger partial charge is 0.350 e. The summed E-state index contributed by atoms with van der Waals surface area (Å²) in [5.41, 5.74) is -0.345. The molecule has 0 saturated carbocycles. The standard InChI is InChI=1S/C17H17F3N2O2/c1-12(13-5-7-14(8-6-13)17(18,19)20)21-15(23)9-11-22-10-3-2-4-16(22)24/h2-8,10,12H,9,11H2,1H3,(H,21,23). The number of halogens is 3. The van der Waals surface area contributed by atoms with E-state index in [-0.39, 0.29) is 24.4 Å². The average Bonchev–Trinajstić information content (AvgIpc) is 2.53. The highest BCUT2D eigenvalue weighted by molar-refractivity contribution is 5.76. The SMILES string of the molecule is CC(NC(=O)CCn1ccccc1=O)c1ccc(C(F)(F)F)cc1. The fourth-order valence-electron chi connectivity index (χ4n) is 2.23. The van der Waals surface area contributed by atoms with E-state index in [0.29, 0.717) is 5.56 Å². The number of alkyl halides is 3. The summed E-state index contributed by atoms with van der Waals surface area (Å²) in [6, 6.07) is 8.96. The zero-order valence-electron chi connectivity index (χ0n) is 13.0. The number of hydrogen-bond acceptors (Lipinski definition) is 2. The molecule has 0 spiro atoms. The molecule has 1 unspecified atom stereocenters. The number of benzene rings is 1. The van der Waals surface area contributed by atoms with Gasteiger partial charge in [-0.3, -0.25) is 9.59 Å². The van der Waals surface area contributed by atoms with Gasteiger partial charge in [-0.05, 0) is 30.7 Å². The molecule has 1 amide bonds. The second-order valence-corrected chi connectivity index (χ2v) is 5.39. The third-order valence-electron chi connectivity index (χ3n) is 3.59. The summed E-state index contributed by atoms with van der Waals surface area (Å²) >= 11 is 0. The van der Waals surface area contributed by atoms with Crippen LogP contribution in [0.25, 0.3) is 0 Å². The van der Waals surface area contributed by atoms with Crippen LogP contribution in [-0.2, 0) is 17.5 Å². The summed E-state index contributed by atoms with van der Waals surface area (Å²) < 4.78 is 39.0. The van der Waals surface area contributed by atoms with E-state index in [1.165, 1.54) is 22.8 Å². The molecule has 0 radical (unpaired) electrons. The Morgan fingerprint density at radius 3 is 2.42 bits per heavy atom. The lowest BCUT2D eigenvalue weighted by Crippen LogP contribution is -2.29. The summed E-state index contributed by atoms with van der Waals surface area (Å²) in [6.45, 7) is 1.93. The van der Waals surface area contributed by atoms with Crippen molar-refractivity contribution in [2.75, 3.05) is 0 Å². The van der Waals surface area contributed by atoms with Crippen molar-refractivity contribution in [2.24, 2.45) is 0 Å². The average molecular weight is 338 g/mol. The summed E-state index contributed by atoms with van der Waals surface area (Å²) in [5, 5.41) is 2.71. The second-order valence-electron chi connectivity index (χ2n) is 5.39. The number of rotatable bonds is 5. The van der Waals surface area contributed by atoms with Gasteiger partial charge in [0.25, 0.3) is 5.56 Å². The molecule has 0 bridgehead atoms. The van der Waals surface area contributed by atoms with Gasteiger partial charge in [-0.15, -0.1) is 0 Å². The van der Waals surface area contributed by atoms with Crippen LogP contribution in [0.1, 0.15) is 30.5 Å². The van der Waals surface area contributed by atoms with Crippen LogP contribution < -0.4 is 10.9 Å². The number of aryl methyl sites for hydroxylation is 1. The van der Waals surface area contributed by atoms with Crippen molar-refractivity contribution in [3.63, 3.8) is 0 Å². The van der Waals surface area contributed by atoms with Gasteiger partial charge in [0.1, 0.15) is 0 Å². The monoisotopic (exact) mass is 338 g/mol. The number of carbonyl (C=O) groups is 1. The van der Waals surface area contributed by atoms with Crippen molar-refractivity contribution in [1.29, 1.82) is 0 Å². The van der Waals surface area contributed by atoms with Crippen molar-refractivity contribution in [3.8, 4) is 0 Å². The Kier molecular flexibility index (Phi) is 5.43. The van der Waals surface area contributed by atoms with Crippen molar-refractivity contribution in [2.45, 2.75) is 32.1 Å². The van der Waals surface area contributed by atoms with Gasteiger partial charge in [0.15, 0.2) is 0 Å². The predicted molar refractivity (Wildman–Crippen MR) is 83.3 cm³/mol. The van der Waals surface area contributed by atoms with Crippen LogP contribution in [0.5, 0.6) is 0 Å². The molecular weight excluding hydrogens is 321 g/mol. The Hall–Kier alpha value is -2.57. The number of nitrogens with zero attached hydrogens (tertiary/aromatic N) is 1. The third-order valence-corrected chi connectivity index (χ3v) is 3.59. The van der Waals surface area contributed by atoms with E-state index in [1.807, 2.05) is 0 Å². The first kappa shape index (κ1) is 17.8. The maximum absolute atomic E-state index is 12.5. The van der Waals surface area contributed by atoms with Gasteiger partial charge in [0.2, 0.25) is 5.91 Å². The molecule has 0 aliphatic carbocycles. The molecule has 2 aromatic rings. The number of pyridine rings is 1. The van der Waals surface area contributed by atoms with Gasteiger partial charge < -0.3 is 9.88 Å². The highest BCUT2D eigenvalue weighted by atomic mass is 19.4. The number of nitrogens with one attached hydrogen (secondary N) is 1. The van der Waals surface area contributed by atoms with Gasteiger partial charge in [-0.25, -0.2) is 0 Å². The molecule has 0 aliphatic heterocycles. The lowest BCUT2D eigenvalue weighted by atomic mass is 10.1. The van der Waals surface area contributed by atoms with Crippen LogP contribution in [0, 0.1) is 0 Å². The molecule has 4 nitrogen and oxygen atoms in total. The van der Waals surface area contributed by atoms with Crippen molar-refractivity contribution < 1.29 is 18.0 Å². The van der Waals surface area contributed by atoms with Crippen LogP contribution in [0.4, 0.5) is 13.2 Å². The Labute approximate surface area is 136 Å². The van der Waals surface area contributed by atoms with E-state index in [0.717, 1.165) is 12.1 Å². The van der Waals surface area contributed by atoms with E-state index < -0.39 is 17.8 Å². The molecule has 1 aromatic carbocycles. The van der Waals surface area contributed by atoms with E-state index in [4.69, 9.17) is 0 Å². The van der Waals surface area contributed by atoms with Crippen LogP contribution in [0.2, 0.25) is 0 Å². The van der Waals surface area contributed by atoms with Gasteiger partial charge in [0, 0.05) is 25.2 Å². The fraction of sp³-hybridized carbons (Fsp3) is 0.294. The quantitative estimate of drug-likeness (QED) is 0.911. The fourth-order valence-corrected chi connectivity index (χ4v) is 2.23. The molecule has 1 atom stereocenters. The molecule has 0 aliphatic rings. The first-order valence-electron chi connectivity index (χ1n) is 7.39. The topological polar surface area (TPSA) is 51.1 Å². The molecule has 128 valence electrons. The molecule has 24 heavy (non-hydrogen) atoms. The Balaban J connectivity index is 1.92. The number of aromatic nitrogens is 1. The van der Waals surface area contributed by atoms with Crippen LogP contribution in [0.3, 0.4) is 0 Å². The molecule has 7 heteroatoms. The minimum absolute atomic E-state index is 0.106. The van der Waals surface area contributed by atoms with E-state index in [2.05, 4.69) is 5.32 Å². The maximum Gasteiger partial charge on any atom is 0.416 e. The summed E-state index contributed by atoms with van der Waals surface area (Å²) in [5.74, 6) is -0.279. The van der Waals surface area contributed by atoms with Gasteiger partial charge in [-0.1, -0.05) is 18.2 Å². The minimum atomic E-state index is -4.38. The highest BCUT2D eigenvalue weighted by Gasteiger charge is 2.30. The van der Waals surface area contributed by atoms with Crippen molar-refractivity contribution in [1.82, 2.24) is 9.88 Å². The molecule has 0 saturated heterocycles. The molecule has 1 heterocycles. The first-order chi connectivity index (χ1) is 11.3. The molecule has 1 aromatic heterocycles. The highest BCUT2D eigenvalue weighted by Crippen LogP contribution is 2.29. The van der Waals surface area contributed by atoms with Crippen molar-refractivity contribution >= 4 is 5.91 Å². The molecule has 0 fully saturated rings. The van der Waals surface area contributed by atoms with Gasteiger partial charge in [0.05, 0.1) is 11.6 Å². The third kappa shape index (κ3) is 4.71. The van der Waals surface area contributed by atoms with Crippen LogP contribution in [0.15, 0.2) is 53.5 Å². The Bertz CT molecular complexity index is 751. The van der Waals surface area contributed by atoms with E-state index in [1.54, 1.807) is 25.3 Å². The van der Waals surface area contributed by atoms with E-state index >= 15 is 0 Å². The first-order valence-corrected chi connectivity index (χ1v) is 7.39. The maximum atomic E-state index is 12.5. The second kappa shape index (κ2) is 7.33. The summed E-state index contributed by atoms with van der Waals surface area (Å²) in [4.78, 5) is 23.5.